The Kier molecular flexibility index (Phi) is 3.32. The zero-order valence-corrected chi connectivity index (χ0v) is 9.13. The highest BCUT2D eigenvalue weighted by molar-refractivity contribution is 7.09. The van der Waals surface area contributed by atoms with Crippen molar-refractivity contribution in [1.29, 1.82) is 0 Å². The number of anilines is 1. The van der Waals surface area contributed by atoms with Gasteiger partial charge in [-0.25, -0.2) is 0 Å². The molecule has 15 heavy (non-hydrogen) atoms. The number of rotatable bonds is 4. The molecule has 0 atom stereocenters. The SMILES string of the molecule is Nc1ccc(CNCc2cccs2)nc1. The summed E-state index contributed by atoms with van der Waals surface area (Å²) < 4.78 is 0. The Morgan fingerprint density at radius 3 is 2.87 bits per heavy atom. The van der Waals surface area contributed by atoms with Gasteiger partial charge in [-0.05, 0) is 23.6 Å². The van der Waals surface area contributed by atoms with Crippen LogP contribution in [0.5, 0.6) is 0 Å². The molecule has 0 aliphatic heterocycles. The first kappa shape index (κ1) is 10.1. The third kappa shape index (κ3) is 3.04. The number of nitrogens with zero attached hydrogens (tertiary/aromatic N) is 1. The summed E-state index contributed by atoms with van der Waals surface area (Å²) in [6.07, 6.45) is 1.68. The molecule has 0 radical (unpaired) electrons. The van der Waals surface area contributed by atoms with E-state index in [-0.39, 0.29) is 0 Å². The number of nitrogens with two attached hydrogens (primary N) is 1. The molecule has 3 nitrogen and oxygen atoms in total. The van der Waals surface area contributed by atoms with Crippen molar-refractivity contribution in [3.05, 3.63) is 46.4 Å². The molecule has 0 unspecified atom stereocenters. The Bertz CT molecular complexity index is 394. The van der Waals surface area contributed by atoms with Gasteiger partial charge in [-0.2, -0.15) is 0 Å². The summed E-state index contributed by atoms with van der Waals surface area (Å²) in [5, 5.41) is 5.41. The fraction of sp³-hybridized carbons (Fsp3) is 0.182. The van der Waals surface area contributed by atoms with Crippen molar-refractivity contribution in [3.8, 4) is 0 Å². The fourth-order valence-electron chi connectivity index (χ4n) is 1.27. The molecular weight excluding hydrogens is 206 g/mol. The lowest BCUT2D eigenvalue weighted by atomic mass is 10.3. The summed E-state index contributed by atoms with van der Waals surface area (Å²) >= 11 is 1.76. The Labute approximate surface area is 93.0 Å². The van der Waals surface area contributed by atoms with E-state index in [9.17, 15) is 0 Å². The van der Waals surface area contributed by atoms with Crippen LogP contribution in [0, 0.1) is 0 Å². The molecule has 78 valence electrons. The second kappa shape index (κ2) is 4.91. The Morgan fingerprint density at radius 1 is 1.27 bits per heavy atom. The van der Waals surface area contributed by atoms with Gasteiger partial charge < -0.3 is 11.1 Å². The summed E-state index contributed by atoms with van der Waals surface area (Å²) in [5.74, 6) is 0. The van der Waals surface area contributed by atoms with Gasteiger partial charge in [0.05, 0.1) is 17.6 Å². The quantitative estimate of drug-likeness (QED) is 0.827. The van der Waals surface area contributed by atoms with E-state index in [0.29, 0.717) is 5.69 Å². The van der Waals surface area contributed by atoms with Crippen LogP contribution in [0.25, 0.3) is 0 Å². The fourth-order valence-corrected chi connectivity index (χ4v) is 1.94. The predicted molar refractivity (Wildman–Crippen MR) is 63.5 cm³/mol. The number of pyridine rings is 1. The zero-order chi connectivity index (χ0) is 10.5. The van der Waals surface area contributed by atoms with E-state index in [4.69, 9.17) is 5.73 Å². The van der Waals surface area contributed by atoms with Gasteiger partial charge in [0.1, 0.15) is 0 Å². The van der Waals surface area contributed by atoms with Crippen molar-refractivity contribution in [2.45, 2.75) is 13.1 Å². The Morgan fingerprint density at radius 2 is 2.20 bits per heavy atom. The van der Waals surface area contributed by atoms with E-state index in [1.54, 1.807) is 17.5 Å². The van der Waals surface area contributed by atoms with E-state index in [1.807, 2.05) is 12.1 Å². The molecule has 0 amide bonds. The lowest BCUT2D eigenvalue weighted by Gasteiger charge is -2.02. The molecule has 0 spiro atoms. The lowest BCUT2D eigenvalue weighted by molar-refractivity contribution is 0.687. The van der Waals surface area contributed by atoms with E-state index in [0.717, 1.165) is 18.8 Å². The molecule has 0 saturated heterocycles. The van der Waals surface area contributed by atoms with Gasteiger partial charge in [0, 0.05) is 18.0 Å². The van der Waals surface area contributed by atoms with Crippen molar-refractivity contribution < 1.29 is 0 Å². The topological polar surface area (TPSA) is 50.9 Å². The van der Waals surface area contributed by atoms with Crippen LogP contribution in [0.2, 0.25) is 0 Å². The van der Waals surface area contributed by atoms with Crippen molar-refractivity contribution in [3.63, 3.8) is 0 Å². The van der Waals surface area contributed by atoms with Gasteiger partial charge in [0.15, 0.2) is 0 Å². The van der Waals surface area contributed by atoms with Crippen LogP contribution in [-0.4, -0.2) is 4.98 Å². The van der Waals surface area contributed by atoms with Crippen molar-refractivity contribution in [1.82, 2.24) is 10.3 Å². The minimum absolute atomic E-state index is 0.706. The molecule has 2 heterocycles. The van der Waals surface area contributed by atoms with E-state index >= 15 is 0 Å². The van der Waals surface area contributed by atoms with E-state index in [1.165, 1.54) is 4.88 Å². The summed E-state index contributed by atoms with van der Waals surface area (Å²) in [5.41, 5.74) is 7.27. The van der Waals surface area contributed by atoms with Crippen LogP contribution in [-0.2, 0) is 13.1 Å². The molecule has 0 aromatic carbocycles. The normalized spacial score (nSPS) is 10.4. The summed E-state index contributed by atoms with van der Waals surface area (Å²) in [7, 11) is 0. The standard InChI is InChI=1S/C11H13N3S/c12-9-3-4-10(14-6-9)7-13-8-11-2-1-5-15-11/h1-6,13H,7-8,12H2. The first-order valence-electron chi connectivity index (χ1n) is 4.78. The van der Waals surface area contributed by atoms with Crippen LogP contribution >= 0.6 is 11.3 Å². The molecule has 0 saturated carbocycles. The summed E-state index contributed by atoms with van der Waals surface area (Å²) in [4.78, 5) is 5.55. The monoisotopic (exact) mass is 219 g/mol. The minimum atomic E-state index is 0.706. The zero-order valence-electron chi connectivity index (χ0n) is 8.31. The smallest absolute Gasteiger partial charge is 0.0543 e. The van der Waals surface area contributed by atoms with Crippen LogP contribution < -0.4 is 11.1 Å². The van der Waals surface area contributed by atoms with Gasteiger partial charge in [0.25, 0.3) is 0 Å². The molecule has 0 bridgehead atoms. The molecule has 0 fully saturated rings. The first-order chi connectivity index (χ1) is 7.34. The molecule has 3 N–H and O–H groups in total. The summed E-state index contributed by atoms with van der Waals surface area (Å²) in [6, 6.07) is 7.99. The number of nitrogen functional groups attached to an aromatic ring is 1. The van der Waals surface area contributed by atoms with Crippen molar-refractivity contribution in [2.24, 2.45) is 0 Å². The maximum absolute atomic E-state index is 5.55. The maximum Gasteiger partial charge on any atom is 0.0543 e. The number of hydrogen-bond donors (Lipinski definition) is 2. The minimum Gasteiger partial charge on any atom is -0.397 e. The molecule has 0 aliphatic rings. The van der Waals surface area contributed by atoms with Gasteiger partial charge >= 0.3 is 0 Å². The average Bonchev–Trinajstić information content (AvgIpc) is 2.74. The molecule has 2 aromatic heterocycles. The van der Waals surface area contributed by atoms with Crippen molar-refractivity contribution in [2.75, 3.05) is 5.73 Å². The summed E-state index contributed by atoms with van der Waals surface area (Å²) in [6.45, 7) is 1.67. The maximum atomic E-state index is 5.55. The third-order valence-corrected chi connectivity index (χ3v) is 2.91. The van der Waals surface area contributed by atoms with Gasteiger partial charge in [0.2, 0.25) is 0 Å². The third-order valence-electron chi connectivity index (χ3n) is 2.03. The predicted octanol–water partition coefficient (Wildman–Crippen LogP) is 2.02. The number of hydrogen-bond acceptors (Lipinski definition) is 4. The molecule has 2 rings (SSSR count). The van der Waals surface area contributed by atoms with Gasteiger partial charge in [-0.3, -0.25) is 4.98 Å². The first-order valence-corrected chi connectivity index (χ1v) is 5.66. The largest absolute Gasteiger partial charge is 0.397 e. The Hall–Kier alpha value is -1.39. The van der Waals surface area contributed by atoms with Crippen LogP contribution in [0.4, 0.5) is 5.69 Å². The molecule has 0 aliphatic carbocycles. The number of thiophene rings is 1. The van der Waals surface area contributed by atoms with Crippen LogP contribution in [0.3, 0.4) is 0 Å². The Balaban J connectivity index is 1.81. The highest BCUT2D eigenvalue weighted by Crippen LogP contribution is 2.08. The van der Waals surface area contributed by atoms with Gasteiger partial charge in [-0.15, -0.1) is 11.3 Å². The molecule has 4 heteroatoms. The molecule has 2 aromatic rings. The van der Waals surface area contributed by atoms with Gasteiger partial charge in [-0.1, -0.05) is 6.07 Å². The van der Waals surface area contributed by atoms with Crippen molar-refractivity contribution >= 4 is 17.0 Å². The van der Waals surface area contributed by atoms with E-state index in [2.05, 4.69) is 27.8 Å². The van der Waals surface area contributed by atoms with Crippen LogP contribution in [0.1, 0.15) is 10.6 Å². The highest BCUT2D eigenvalue weighted by atomic mass is 32.1. The highest BCUT2D eigenvalue weighted by Gasteiger charge is 1.95. The number of nitrogens with one attached hydrogen (secondary N) is 1. The second-order valence-corrected chi connectivity index (χ2v) is 4.30. The average molecular weight is 219 g/mol. The second-order valence-electron chi connectivity index (χ2n) is 3.27. The van der Waals surface area contributed by atoms with E-state index < -0.39 is 0 Å². The lowest BCUT2D eigenvalue weighted by Crippen LogP contribution is -2.12. The number of aromatic nitrogens is 1. The van der Waals surface area contributed by atoms with Crippen LogP contribution in [0.15, 0.2) is 35.8 Å². The molecular formula is C11H13N3S.